The zero-order chi connectivity index (χ0) is 21.2. The number of hydrogen-bond acceptors (Lipinski definition) is 2. The molecule has 0 fully saturated rings. The van der Waals surface area contributed by atoms with Crippen LogP contribution in [0.5, 0.6) is 0 Å². The zero-order valence-electron chi connectivity index (χ0n) is 17.4. The van der Waals surface area contributed by atoms with Crippen LogP contribution >= 0.6 is 0 Å². The minimum absolute atomic E-state index is 0.756. The SMILES string of the molecule is C=CCn1cc(-c2c3c(cc4c2=Nc2ccccc2-4)=c2ccccc2=N3)c2ccccc21. The van der Waals surface area contributed by atoms with Crippen LogP contribution in [0.3, 0.4) is 0 Å². The van der Waals surface area contributed by atoms with Crippen molar-refractivity contribution in [2.24, 2.45) is 9.98 Å². The van der Waals surface area contributed by atoms with Gasteiger partial charge in [-0.1, -0.05) is 60.7 Å². The maximum atomic E-state index is 5.10. The molecule has 0 saturated carbocycles. The Balaban J connectivity index is 1.70. The molecule has 1 aromatic heterocycles. The third-order valence-electron chi connectivity index (χ3n) is 6.51. The Morgan fingerprint density at radius 1 is 0.781 bits per heavy atom. The van der Waals surface area contributed by atoms with Crippen molar-refractivity contribution in [3.63, 3.8) is 0 Å². The van der Waals surface area contributed by atoms with E-state index in [0.29, 0.717) is 0 Å². The van der Waals surface area contributed by atoms with Gasteiger partial charge in [-0.3, -0.25) is 0 Å². The van der Waals surface area contributed by atoms with E-state index in [9.17, 15) is 0 Å². The molecule has 0 unspecified atom stereocenters. The minimum atomic E-state index is 0.756. The molecule has 3 heteroatoms. The van der Waals surface area contributed by atoms with Gasteiger partial charge < -0.3 is 4.57 Å². The number of aromatic nitrogens is 1. The van der Waals surface area contributed by atoms with Gasteiger partial charge in [0.15, 0.2) is 0 Å². The summed E-state index contributed by atoms with van der Waals surface area (Å²) < 4.78 is 2.26. The van der Waals surface area contributed by atoms with E-state index in [2.05, 4.69) is 96.2 Å². The molecular formula is C29H19N3. The molecule has 0 aliphatic carbocycles. The molecule has 0 amide bonds. The average Bonchev–Trinajstić information content (AvgIpc) is 3.50. The standard InChI is InChI=1S/C29H19N3/c1-2-15-32-17-23(20-11-5-8-14-26(20)32)27-28-21(18-9-3-6-12-24(18)30-28)16-22-19-10-4-7-13-25(19)31-29(22)27/h2-14,16-17H,1,15H2. The number of nitrogens with zero attached hydrogens (tertiary/aromatic N) is 3. The third-order valence-corrected chi connectivity index (χ3v) is 6.51. The number of hydrogen-bond donors (Lipinski definition) is 0. The first-order valence-corrected chi connectivity index (χ1v) is 10.9. The van der Waals surface area contributed by atoms with Gasteiger partial charge in [0, 0.05) is 56.3 Å². The summed E-state index contributed by atoms with van der Waals surface area (Å²) in [6, 6.07) is 27.6. The first kappa shape index (κ1) is 17.4. The lowest BCUT2D eigenvalue weighted by atomic mass is 9.95. The first-order valence-electron chi connectivity index (χ1n) is 10.9. The van der Waals surface area contributed by atoms with Crippen LogP contribution < -0.4 is 10.7 Å². The summed E-state index contributed by atoms with van der Waals surface area (Å²) in [7, 11) is 0. The number of para-hydroxylation sites is 3. The molecule has 0 atom stereocenters. The van der Waals surface area contributed by atoms with Crippen molar-refractivity contribution in [2.75, 3.05) is 0 Å². The van der Waals surface area contributed by atoms with Gasteiger partial charge in [0.05, 0.1) is 22.1 Å². The van der Waals surface area contributed by atoms with Crippen LogP contribution in [0.4, 0.5) is 11.4 Å². The monoisotopic (exact) mass is 409 g/mol. The summed E-state index contributed by atoms with van der Waals surface area (Å²) in [5.74, 6) is 0. The molecule has 0 bridgehead atoms. The highest BCUT2D eigenvalue weighted by molar-refractivity contribution is 6.00. The van der Waals surface area contributed by atoms with Crippen LogP contribution in [0.1, 0.15) is 0 Å². The Morgan fingerprint density at radius 3 is 2.53 bits per heavy atom. The van der Waals surface area contributed by atoms with Crippen molar-refractivity contribution >= 4 is 22.3 Å². The van der Waals surface area contributed by atoms with Crippen molar-refractivity contribution in [1.82, 2.24) is 4.57 Å². The van der Waals surface area contributed by atoms with E-state index in [1.54, 1.807) is 0 Å². The number of benzene rings is 4. The highest BCUT2D eigenvalue weighted by Crippen LogP contribution is 2.41. The normalized spacial score (nSPS) is 12.5. The molecule has 2 aliphatic heterocycles. The predicted molar refractivity (Wildman–Crippen MR) is 129 cm³/mol. The summed E-state index contributed by atoms with van der Waals surface area (Å²) in [4.78, 5) is 10.2. The van der Waals surface area contributed by atoms with Crippen LogP contribution in [0, 0.1) is 10.4 Å². The highest BCUT2D eigenvalue weighted by atomic mass is 15.0. The van der Waals surface area contributed by atoms with E-state index >= 15 is 0 Å². The van der Waals surface area contributed by atoms with Gasteiger partial charge in [0.2, 0.25) is 0 Å². The maximum absolute atomic E-state index is 5.10. The van der Waals surface area contributed by atoms with Gasteiger partial charge in [-0.25, -0.2) is 9.98 Å². The zero-order valence-corrected chi connectivity index (χ0v) is 17.4. The molecule has 32 heavy (non-hydrogen) atoms. The van der Waals surface area contributed by atoms with Crippen LogP contribution in [-0.2, 0) is 6.54 Å². The fourth-order valence-corrected chi connectivity index (χ4v) is 5.14. The van der Waals surface area contributed by atoms with Crippen molar-refractivity contribution in [1.29, 1.82) is 0 Å². The predicted octanol–water partition coefficient (Wildman–Crippen LogP) is 5.98. The summed E-state index contributed by atoms with van der Waals surface area (Å²) in [5.41, 5.74) is 7.89. The molecule has 3 nitrogen and oxygen atoms in total. The first-order chi connectivity index (χ1) is 15.8. The molecular weight excluding hydrogens is 390 g/mol. The van der Waals surface area contributed by atoms with Crippen LogP contribution in [-0.4, -0.2) is 4.57 Å². The fraction of sp³-hybridized carbons (Fsp3) is 0.0345. The molecule has 5 aromatic rings. The van der Waals surface area contributed by atoms with Crippen molar-refractivity contribution in [3.8, 4) is 22.3 Å². The smallest absolute Gasteiger partial charge is 0.0817 e. The van der Waals surface area contributed by atoms with Gasteiger partial charge in [-0.05, 0) is 24.3 Å². The van der Waals surface area contributed by atoms with E-state index in [4.69, 9.17) is 9.98 Å². The quantitative estimate of drug-likeness (QED) is 0.322. The van der Waals surface area contributed by atoms with Gasteiger partial charge in [0.1, 0.15) is 0 Å². The van der Waals surface area contributed by atoms with Gasteiger partial charge >= 0.3 is 0 Å². The molecule has 4 aromatic carbocycles. The van der Waals surface area contributed by atoms with E-state index < -0.39 is 0 Å². The lowest BCUT2D eigenvalue weighted by molar-refractivity contribution is 0.866. The summed E-state index contributed by atoms with van der Waals surface area (Å²) in [6.45, 7) is 4.71. The second-order valence-corrected chi connectivity index (χ2v) is 8.30. The minimum Gasteiger partial charge on any atom is -0.343 e. The third kappa shape index (κ3) is 2.25. The highest BCUT2D eigenvalue weighted by Gasteiger charge is 2.24. The van der Waals surface area contributed by atoms with Crippen LogP contribution in [0.25, 0.3) is 33.2 Å². The van der Waals surface area contributed by atoms with Crippen molar-refractivity contribution < 1.29 is 0 Å². The molecule has 150 valence electrons. The Morgan fingerprint density at radius 2 is 1.59 bits per heavy atom. The average molecular weight is 409 g/mol. The van der Waals surface area contributed by atoms with Crippen molar-refractivity contribution in [2.45, 2.75) is 6.54 Å². The molecule has 3 heterocycles. The number of fused-ring (bicyclic) bond motifs is 6. The van der Waals surface area contributed by atoms with Crippen molar-refractivity contribution in [3.05, 3.63) is 119 Å². The summed E-state index contributed by atoms with van der Waals surface area (Å²) >= 11 is 0. The Labute approximate surface area is 184 Å². The van der Waals surface area contributed by atoms with E-state index in [-0.39, 0.29) is 0 Å². The molecule has 7 rings (SSSR count). The van der Waals surface area contributed by atoms with Crippen LogP contribution in [0.2, 0.25) is 0 Å². The Bertz CT molecular complexity index is 1820. The molecule has 0 radical (unpaired) electrons. The van der Waals surface area contributed by atoms with E-state index in [1.807, 2.05) is 6.08 Å². The van der Waals surface area contributed by atoms with Crippen LogP contribution in [0.15, 0.2) is 108 Å². The topological polar surface area (TPSA) is 29.6 Å². The lowest BCUT2D eigenvalue weighted by Crippen LogP contribution is -2.07. The Hall–Kier alpha value is -4.24. The second-order valence-electron chi connectivity index (χ2n) is 8.30. The molecule has 0 saturated heterocycles. The van der Waals surface area contributed by atoms with Gasteiger partial charge in [-0.2, -0.15) is 0 Å². The summed E-state index contributed by atoms with van der Waals surface area (Å²) in [5, 5.41) is 5.62. The number of allylic oxidation sites excluding steroid dienone is 1. The van der Waals surface area contributed by atoms with E-state index in [1.165, 1.54) is 38.0 Å². The Kier molecular flexibility index (Phi) is 3.48. The maximum Gasteiger partial charge on any atom is 0.0817 e. The van der Waals surface area contributed by atoms with E-state index in [0.717, 1.165) is 34.2 Å². The fourth-order valence-electron chi connectivity index (χ4n) is 5.14. The number of rotatable bonds is 3. The molecule has 2 aliphatic rings. The van der Waals surface area contributed by atoms with Gasteiger partial charge in [0.25, 0.3) is 0 Å². The molecule has 0 N–H and O–H groups in total. The lowest BCUT2D eigenvalue weighted by Gasteiger charge is -2.07. The van der Waals surface area contributed by atoms with Gasteiger partial charge in [-0.15, -0.1) is 6.58 Å². The summed E-state index contributed by atoms with van der Waals surface area (Å²) in [6.07, 6.45) is 4.18. The largest absolute Gasteiger partial charge is 0.343 e. The second kappa shape index (κ2) is 6.38. The molecule has 0 spiro atoms.